The zero-order chi connectivity index (χ0) is 20.3. The van der Waals surface area contributed by atoms with Gasteiger partial charge in [-0.05, 0) is 55.9 Å². The van der Waals surface area contributed by atoms with E-state index in [1.54, 1.807) is 24.3 Å². The SMILES string of the molecule is CC(=O)Nc1ccc(OCC(O)CN2C(=O)NC3(CCC(C)CC3)C2=O)cc1. The first kappa shape index (κ1) is 20.1. The Morgan fingerprint density at radius 3 is 2.57 bits per heavy atom. The number of nitrogens with one attached hydrogen (secondary N) is 2. The summed E-state index contributed by atoms with van der Waals surface area (Å²) in [6, 6.07) is 6.27. The molecule has 2 fully saturated rings. The summed E-state index contributed by atoms with van der Waals surface area (Å²) >= 11 is 0. The van der Waals surface area contributed by atoms with Crippen LogP contribution in [0.1, 0.15) is 39.5 Å². The maximum atomic E-state index is 12.8. The Bertz CT molecular complexity index is 741. The van der Waals surface area contributed by atoms with Crippen molar-refractivity contribution in [2.24, 2.45) is 5.92 Å². The van der Waals surface area contributed by atoms with Gasteiger partial charge in [-0.3, -0.25) is 14.5 Å². The molecule has 28 heavy (non-hydrogen) atoms. The van der Waals surface area contributed by atoms with E-state index >= 15 is 0 Å². The van der Waals surface area contributed by atoms with Gasteiger partial charge in [-0.15, -0.1) is 0 Å². The summed E-state index contributed by atoms with van der Waals surface area (Å²) in [5, 5.41) is 15.7. The highest BCUT2D eigenvalue weighted by Gasteiger charge is 2.52. The van der Waals surface area contributed by atoms with Crippen LogP contribution in [0, 0.1) is 5.92 Å². The highest BCUT2D eigenvalue weighted by atomic mass is 16.5. The lowest BCUT2D eigenvalue weighted by molar-refractivity contribution is -0.133. The lowest BCUT2D eigenvalue weighted by Crippen LogP contribution is -2.49. The number of anilines is 1. The Morgan fingerprint density at radius 2 is 1.96 bits per heavy atom. The lowest BCUT2D eigenvalue weighted by Gasteiger charge is -2.33. The first-order valence-corrected chi connectivity index (χ1v) is 9.62. The van der Waals surface area contributed by atoms with E-state index in [1.165, 1.54) is 6.92 Å². The van der Waals surface area contributed by atoms with Crippen LogP contribution in [0.25, 0.3) is 0 Å². The Hall–Kier alpha value is -2.61. The van der Waals surface area contributed by atoms with Gasteiger partial charge in [0.1, 0.15) is 24.0 Å². The molecule has 1 saturated carbocycles. The van der Waals surface area contributed by atoms with Crippen molar-refractivity contribution >= 4 is 23.5 Å². The fourth-order valence-corrected chi connectivity index (χ4v) is 3.73. The summed E-state index contributed by atoms with van der Waals surface area (Å²) in [5.41, 5.74) is -0.157. The third-order valence-electron chi connectivity index (χ3n) is 5.38. The second-order valence-electron chi connectivity index (χ2n) is 7.78. The van der Waals surface area contributed by atoms with E-state index in [4.69, 9.17) is 4.74 Å². The Morgan fingerprint density at radius 1 is 1.32 bits per heavy atom. The van der Waals surface area contributed by atoms with Gasteiger partial charge in [0.05, 0.1) is 6.54 Å². The van der Waals surface area contributed by atoms with Crippen LogP contribution in [-0.2, 0) is 9.59 Å². The van der Waals surface area contributed by atoms with Crippen molar-refractivity contribution in [3.63, 3.8) is 0 Å². The molecule has 1 heterocycles. The lowest BCUT2D eigenvalue weighted by atomic mass is 9.77. The molecule has 1 aliphatic heterocycles. The second kappa shape index (κ2) is 8.18. The number of carbonyl (C=O) groups excluding carboxylic acids is 3. The van der Waals surface area contributed by atoms with Gasteiger partial charge in [-0.2, -0.15) is 0 Å². The Labute approximate surface area is 164 Å². The number of β-amino-alcohol motifs (C(OH)–C–C–N with tert-alkyl or cyclic N) is 1. The predicted molar refractivity (Wildman–Crippen MR) is 103 cm³/mol. The van der Waals surface area contributed by atoms with Crippen molar-refractivity contribution < 1.29 is 24.2 Å². The van der Waals surface area contributed by atoms with Crippen LogP contribution in [0.2, 0.25) is 0 Å². The molecule has 3 N–H and O–H groups in total. The van der Waals surface area contributed by atoms with E-state index in [2.05, 4.69) is 17.6 Å². The average Bonchev–Trinajstić information content (AvgIpc) is 2.87. The van der Waals surface area contributed by atoms with Crippen molar-refractivity contribution in [1.82, 2.24) is 10.2 Å². The number of rotatable bonds is 6. The number of ether oxygens (including phenoxy) is 1. The maximum absolute atomic E-state index is 12.8. The minimum atomic E-state index is -0.998. The van der Waals surface area contributed by atoms with E-state index in [1.807, 2.05) is 0 Å². The zero-order valence-electron chi connectivity index (χ0n) is 16.2. The third kappa shape index (κ3) is 4.44. The Balaban J connectivity index is 1.52. The molecule has 1 aromatic rings. The maximum Gasteiger partial charge on any atom is 0.325 e. The summed E-state index contributed by atoms with van der Waals surface area (Å²) in [6.45, 7) is 3.41. The van der Waals surface area contributed by atoms with Gasteiger partial charge in [-0.25, -0.2) is 4.79 Å². The second-order valence-corrected chi connectivity index (χ2v) is 7.78. The van der Waals surface area contributed by atoms with Gasteiger partial charge in [0.25, 0.3) is 5.91 Å². The summed E-state index contributed by atoms with van der Waals surface area (Å²) < 4.78 is 5.53. The Kier molecular flexibility index (Phi) is 5.88. The molecule has 1 spiro atoms. The molecule has 8 heteroatoms. The van der Waals surface area contributed by atoms with Crippen LogP contribution in [0.3, 0.4) is 0 Å². The van der Waals surface area contributed by atoms with Gasteiger partial charge in [0.15, 0.2) is 0 Å². The fraction of sp³-hybridized carbons (Fsp3) is 0.550. The zero-order valence-corrected chi connectivity index (χ0v) is 16.2. The number of aliphatic hydroxyl groups excluding tert-OH is 1. The molecule has 0 bridgehead atoms. The van der Waals surface area contributed by atoms with Crippen molar-refractivity contribution in [3.8, 4) is 5.75 Å². The molecule has 1 aromatic carbocycles. The first-order chi connectivity index (χ1) is 13.3. The number of hydrogen-bond donors (Lipinski definition) is 3. The van der Waals surface area contributed by atoms with Gasteiger partial charge in [-0.1, -0.05) is 6.92 Å². The number of benzene rings is 1. The molecule has 1 atom stereocenters. The van der Waals surface area contributed by atoms with E-state index in [-0.39, 0.29) is 25.0 Å². The summed E-state index contributed by atoms with van der Waals surface area (Å²) in [7, 11) is 0. The molecule has 0 radical (unpaired) electrons. The normalized spacial score (nSPS) is 25.5. The van der Waals surface area contributed by atoms with Gasteiger partial charge in [0, 0.05) is 12.6 Å². The minimum Gasteiger partial charge on any atom is -0.491 e. The molecule has 152 valence electrons. The summed E-state index contributed by atoms with van der Waals surface area (Å²) in [5.74, 6) is 0.662. The van der Waals surface area contributed by atoms with Crippen LogP contribution in [0.15, 0.2) is 24.3 Å². The smallest absolute Gasteiger partial charge is 0.325 e. The molecule has 2 aliphatic rings. The van der Waals surface area contributed by atoms with Crippen molar-refractivity contribution in [2.45, 2.75) is 51.2 Å². The standard InChI is InChI=1S/C20H27N3O5/c1-13-7-9-20(10-8-13)18(26)23(19(27)22-20)11-16(25)12-28-17-5-3-15(4-6-17)21-14(2)24/h3-6,13,16,25H,7-12H2,1-2H3,(H,21,24)(H,22,27). The molecule has 1 unspecified atom stereocenters. The third-order valence-corrected chi connectivity index (χ3v) is 5.38. The number of imide groups is 1. The van der Waals surface area contributed by atoms with Crippen LogP contribution < -0.4 is 15.4 Å². The van der Waals surface area contributed by atoms with E-state index in [0.29, 0.717) is 30.2 Å². The van der Waals surface area contributed by atoms with Crippen LogP contribution >= 0.6 is 0 Å². The molecular formula is C20H27N3O5. The number of hydrogen-bond acceptors (Lipinski definition) is 5. The topological polar surface area (TPSA) is 108 Å². The number of nitrogens with zero attached hydrogens (tertiary/aromatic N) is 1. The largest absolute Gasteiger partial charge is 0.491 e. The quantitative estimate of drug-likeness (QED) is 0.644. The molecule has 3 rings (SSSR count). The van der Waals surface area contributed by atoms with Crippen LogP contribution in [-0.4, -0.2) is 52.6 Å². The van der Waals surface area contributed by atoms with Crippen molar-refractivity contribution in [1.29, 1.82) is 0 Å². The molecule has 8 nitrogen and oxygen atoms in total. The fourth-order valence-electron chi connectivity index (χ4n) is 3.73. The number of amides is 4. The number of aliphatic hydroxyl groups is 1. The first-order valence-electron chi connectivity index (χ1n) is 9.62. The predicted octanol–water partition coefficient (Wildman–Crippen LogP) is 1.89. The monoisotopic (exact) mass is 389 g/mol. The molecular weight excluding hydrogens is 362 g/mol. The van der Waals surface area contributed by atoms with Gasteiger partial charge < -0.3 is 20.5 Å². The van der Waals surface area contributed by atoms with Crippen molar-refractivity contribution in [3.05, 3.63) is 24.3 Å². The molecule has 1 saturated heterocycles. The highest BCUT2D eigenvalue weighted by Crippen LogP contribution is 2.36. The number of carbonyl (C=O) groups is 3. The van der Waals surface area contributed by atoms with Gasteiger partial charge in [0.2, 0.25) is 5.91 Å². The van der Waals surface area contributed by atoms with Crippen LogP contribution in [0.4, 0.5) is 10.5 Å². The number of urea groups is 1. The minimum absolute atomic E-state index is 0.0550. The molecule has 1 aliphatic carbocycles. The highest BCUT2D eigenvalue weighted by molar-refractivity contribution is 6.07. The molecule has 0 aromatic heterocycles. The van der Waals surface area contributed by atoms with E-state index in [0.717, 1.165) is 17.7 Å². The average molecular weight is 389 g/mol. The van der Waals surface area contributed by atoms with E-state index in [9.17, 15) is 19.5 Å². The molecule has 4 amide bonds. The van der Waals surface area contributed by atoms with Crippen LogP contribution in [0.5, 0.6) is 5.75 Å². The summed E-state index contributed by atoms with van der Waals surface area (Å²) in [6.07, 6.45) is 2.09. The van der Waals surface area contributed by atoms with E-state index < -0.39 is 17.7 Å². The summed E-state index contributed by atoms with van der Waals surface area (Å²) in [4.78, 5) is 37.2. The van der Waals surface area contributed by atoms with Gasteiger partial charge >= 0.3 is 6.03 Å². The van der Waals surface area contributed by atoms with Crippen molar-refractivity contribution in [2.75, 3.05) is 18.5 Å².